The molecule has 0 bridgehead atoms. The summed E-state index contributed by atoms with van der Waals surface area (Å²) < 4.78 is 0. The second-order valence-corrected chi connectivity index (χ2v) is 4.58. The normalized spacial score (nSPS) is 12.6. The van der Waals surface area contributed by atoms with Crippen molar-refractivity contribution in [3.8, 4) is 0 Å². The molecule has 2 aromatic rings. The number of hydrogen-bond donors (Lipinski definition) is 2. The van der Waals surface area contributed by atoms with Gasteiger partial charge >= 0.3 is 0 Å². The summed E-state index contributed by atoms with van der Waals surface area (Å²) in [6.45, 7) is 2.80. The van der Waals surface area contributed by atoms with E-state index in [0.717, 1.165) is 23.0 Å². The van der Waals surface area contributed by atoms with Crippen molar-refractivity contribution in [1.82, 2.24) is 4.98 Å². The van der Waals surface area contributed by atoms with Gasteiger partial charge in [0, 0.05) is 28.3 Å². The average molecular weight is 250 g/mol. The van der Waals surface area contributed by atoms with Gasteiger partial charge in [0.15, 0.2) is 0 Å². The number of nitrogens with one attached hydrogen (secondary N) is 1. The maximum Gasteiger partial charge on any atom is 0.0737 e. The number of benzene rings is 1. The minimum atomic E-state index is 0.348. The number of fused-ring (bicyclic) bond motifs is 1. The monoisotopic (exact) mass is 249 g/mol. The number of halogens is 1. The zero-order valence-electron chi connectivity index (χ0n) is 9.78. The summed E-state index contributed by atoms with van der Waals surface area (Å²) >= 11 is 5.95. The van der Waals surface area contributed by atoms with E-state index >= 15 is 0 Å². The fourth-order valence-electron chi connectivity index (χ4n) is 1.83. The van der Waals surface area contributed by atoms with Gasteiger partial charge in [-0.1, -0.05) is 11.6 Å². The summed E-state index contributed by atoms with van der Waals surface area (Å²) in [7, 11) is 0. The van der Waals surface area contributed by atoms with E-state index in [1.807, 2.05) is 24.3 Å². The third-order valence-corrected chi connectivity index (χ3v) is 2.94. The van der Waals surface area contributed by atoms with Gasteiger partial charge in [-0.15, -0.1) is 0 Å². The van der Waals surface area contributed by atoms with E-state index < -0.39 is 0 Å². The van der Waals surface area contributed by atoms with E-state index in [-0.39, 0.29) is 0 Å². The molecule has 0 saturated carbocycles. The lowest BCUT2D eigenvalue weighted by Crippen LogP contribution is -2.19. The highest BCUT2D eigenvalue weighted by Crippen LogP contribution is 2.24. The molecule has 3 nitrogen and oxygen atoms in total. The Balaban J connectivity index is 2.34. The lowest BCUT2D eigenvalue weighted by atomic mass is 10.1. The number of nitrogens with zero attached hydrogens (tertiary/aromatic N) is 1. The van der Waals surface area contributed by atoms with Crippen molar-refractivity contribution in [3.05, 3.63) is 35.5 Å². The zero-order chi connectivity index (χ0) is 12.3. The van der Waals surface area contributed by atoms with Crippen LogP contribution in [0.15, 0.2) is 30.5 Å². The molecule has 3 N–H and O–H groups in total. The highest BCUT2D eigenvalue weighted by Gasteiger charge is 2.05. The molecule has 1 atom stereocenters. The van der Waals surface area contributed by atoms with Crippen LogP contribution in [0.25, 0.3) is 10.9 Å². The Labute approximate surface area is 106 Å². The van der Waals surface area contributed by atoms with Gasteiger partial charge in [0.1, 0.15) is 0 Å². The summed E-state index contributed by atoms with van der Waals surface area (Å²) in [4.78, 5) is 4.31. The molecule has 0 amide bonds. The van der Waals surface area contributed by atoms with Crippen molar-refractivity contribution in [2.45, 2.75) is 19.4 Å². The zero-order valence-corrected chi connectivity index (χ0v) is 10.5. The SMILES string of the molecule is CC(CCN)Nc1ccnc2cc(Cl)ccc12. The van der Waals surface area contributed by atoms with Gasteiger partial charge in [0.25, 0.3) is 0 Å². The van der Waals surface area contributed by atoms with Crippen LogP contribution in [0.3, 0.4) is 0 Å². The average Bonchev–Trinajstić information content (AvgIpc) is 2.29. The second-order valence-electron chi connectivity index (χ2n) is 4.14. The van der Waals surface area contributed by atoms with Crippen LogP contribution < -0.4 is 11.1 Å². The van der Waals surface area contributed by atoms with Crippen LogP contribution in [0, 0.1) is 0 Å². The Kier molecular flexibility index (Phi) is 3.82. The lowest BCUT2D eigenvalue weighted by molar-refractivity contribution is 0.717. The van der Waals surface area contributed by atoms with Gasteiger partial charge in [-0.3, -0.25) is 4.98 Å². The summed E-state index contributed by atoms with van der Waals surface area (Å²) in [5.41, 5.74) is 7.53. The standard InChI is InChI=1S/C13H16ClN3/c1-9(4-6-15)17-12-5-7-16-13-8-10(14)2-3-11(12)13/h2-3,5,7-9H,4,6,15H2,1H3,(H,16,17). The number of hydrogen-bond acceptors (Lipinski definition) is 3. The first kappa shape index (κ1) is 12.1. The maximum atomic E-state index is 5.95. The topological polar surface area (TPSA) is 50.9 Å². The second kappa shape index (κ2) is 5.34. The molecule has 0 fully saturated rings. The maximum absolute atomic E-state index is 5.95. The Morgan fingerprint density at radius 2 is 2.24 bits per heavy atom. The first-order valence-electron chi connectivity index (χ1n) is 5.71. The molecule has 0 radical (unpaired) electrons. The van der Waals surface area contributed by atoms with Crippen LogP contribution in [0.5, 0.6) is 0 Å². The molecule has 4 heteroatoms. The van der Waals surface area contributed by atoms with Crippen molar-refractivity contribution in [2.24, 2.45) is 5.73 Å². The molecule has 1 unspecified atom stereocenters. The van der Waals surface area contributed by atoms with Gasteiger partial charge in [-0.05, 0) is 44.2 Å². The van der Waals surface area contributed by atoms with Crippen molar-refractivity contribution < 1.29 is 0 Å². The third-order valence-electron chi connectivity index (χ3n) is 2.71. The minimum Gasteiger partial charge on any atom is -0.382 e. The third kappa shape index (κ3) is 2.87. The number of aromatic nitrogens is 1. The predicted octanol–water partition coefficient (Wildman–Crippen LogP) is 3.04. The van der Waals surface area contributed by atoms with Crippen molar-refractivity contribution in [2.75, 3.05) is 11.9 Å². The molecule has 1 heterocycles. The summed E-state index contributed by atoms with van der Waals surface area (Å²) in [6.07, 6.45) is 2.73. The van der Waals surface area contributed by atoms with E-state index in [0.29, 0.717) is 17.6 Å². The lowest BCUT2D eigenvalue weighted by Gasteiger charge is -2.15. The molecule has 0 aliphatic carbocycles. The quantitative estimate of drug-likeness (QED) is 0.876. The van der Waals surface area contributed by atoms with Gasteiger partial charge in [-0.2, -0.15) is 0 Å². The summed E-state index contributed by atoms with van der Waals surface area (Å²) in [5, 5.41) is 5.23. The highest BCUT2D eigenvalue weighted by molar-refractivity contribution is 6.31. The molecule has 0 spiro atoms. The molecular weight excluding hydrogens is 234 g/mol. The molecular formula is C13H16ClN3. The number of nitrogens with two attached hydrogens (primary N) is 1. The van der Waals surface area contributed by atoms with Crippen LogP contribution in [0.1, 0.15) is 13.3 Å². The smallest absolute Gasteiger partial charge is 0.0737 e. The Morgan fingerprint density at radius 3 is 3.00 bits per heavy atom. The molecule has 0 saturated heterocycles. The van der Waals surface area contributed by atoms with Crippen molar-refractivity contribution in [1.29, 1.82) is 0 Å². The fourth-order valence-corrected chi connectivity index (χ4v) is 2.00. The van der Waals surface area contributed by atoms with E-state index in [4.69, 9.17) is 17.3 Å². The molecule has 1 aromatic heterocycles. The number of rotatable bonds is 4. The highest BCUT2D eigenvalue weighted by atomic mass is 35.5. The van der Waals surface area contributed by atoms with Gasteiger partial charge in [0.2, 0.25) is 0 Å². The molecule has 1 aromatic carbocycles. The summed E-state index contributed by atoms with van der Waals surface area (Å²) in [5.74, 6) is 0. The van der Waals surface area contributed by atoms with Crippen LogP contribution in [0.2, 0.25) is 5.02 Å². The fraction of sp³-hybridized carbons (Fsp3) is 0.308. The molecule has 0 aliphatic heterocycles. The van der Waals surface area contributed by atoms with E-state index in [1.165, 1.54) is 0 Å². The molecule has 90 valence electrons. The van der Waals surface area contributed by atoms with Crippen LogP contribution in [0.4, 0.5) is 5.69 Å². The first-order valence-corrected chi connectivity index (χ1v) is 6.09. The van der Waals surface area contributed by atoms with Crippen LogP contribution >= 0.6 is 11.6 Å². The van der Waals surface area contributed by atoms with E-state index in [9.17, 15) is 0 Å². The first-order chi connectivity index (χ1) is 8.20. The number of anilines is 1. The Bertz CT molecular complexity index is 513. The Morgan fingerprint density at radius 1 is 1.41 bits per heavy atom. The number of pyridine rings is 1. The summed E-state index contributed by atoms with van der Waals surface area (Å²) in [6, 6.07) is 8.06. The predicted molar refractivity (Wildman–Crippen MR) is 73.5 cm³/mol. The van der Waals surface area contributed by atoms with Crippen LogP contribution in [-0.4, -0.2) is 17.6 Å². The molecule has 17 heavy (non-hydrogen) atoms. The molecule has 0 aliphatic rings. The minimum absolute atomic E-state index is 0.348. The van der Waals surface area contributed by atoms with Gasteiger partial charge in [0.05, 0.1) is 5.52 Å². The Hall–Kier alpha value is -1.32. The van der Waals surface area contributed by atoms with E-state index in [1.54, 1.807) is 6.20 Å². The largest absolute Gasteiger partial charge is 0.382 e. The van der Waals surface area contributed by atoms with E-state index in [2.05, 4.69) is 17.2 Å². The van der Waals surface area contributed by atoms with Gasteiger partial charge < -0.3 is 11.1 Å². The van der Waals surface area contributed by atoms with Gasteiger partial charge in [-0.25, -0.2) is 0 Å². The van der Waals surface area contributed by atoms with Crippen LogP contribution in [-0.2, 0) is 0 Å². The van der Waals surface area contributed by atoms with Crippen molar-refractivity contribution in [3.63, 3.8) is 0 Å². The van der Waals surface area contributed by atoms with Crippen molar-refractivity contribution >= 4 is 28.2 Å². The molecule has 2 rings (SSSR count).